The first-order chi connectivity index (χ1) is 13.5. The molecule has 3 aromatic rings. The van der Waals surface area contributed by atoms with Gasteiger partial charge in [-0.15, -0.1) is 0 Å². The van der Waals surface area contributed by atoms with Gasteiger partial charge in [0, 0.05) is 37.9 Å². The van der Waals surface area contributed by atoms with E-state index in [1.54, 1.807) is 0 Å². The van der Waals surface area contributed by atoms with E-state index in [1.807, 2.05) is 46.0 Å². The Hall–Kier alpha value is -2.96. The summed E-state index contributed by atoms with van der Waals surface area (Å²) in [5.74, 6) is 4.24. The van der Waals surface area contributed by atoms with Crippen LogP contribution in [0.4, 0.5) is 5.82 Å². The van der Waals surface area contributed by atoms with Gasteiger partial charge < -0.3 is 14.2 Å². The summed E-state index contributed by atoms with van der Waals surface area (Å²) in [6, 6.07) is 8.14. The lowest BCUT2D eigenvalue weighted by Gasteiger charge is -2.22. The van der Waals surface area contributed by atoms with Gasteiger partial charge in [-0.25, -0.2) is 9.97 Å². The van der Waals surface area contributed by atoms with E-state index >= 15 is 0 Å². The third kappa shape index (κ3) is 3.69. The van der Waals surface area contributed by atoms with Crippen molar-refractivity contribution in [1.29, 1.82) is 0 Å². The zero-order valence-corrected chi connectivity index (χ0v) is 16.8. The Morgan fingerprint density at radius 2 is 1.96 bits per heavy atom. The van der Waals surface area contributed by atoms with E-state index in [2.05, 4.69) is 26.1 Å². The third-order valence-electron chi connectivity index (χ3n) is 4.90. The number of fused-ring (bicyclic) bond motifs is 2. The molecule has 0 saturated carbocycles. The molecule has 1 aliphatic heterocycles. The van der Waals surface area contributed by atoms with Crippen molar-refractivity contribution in [2.24, 2.45) is 0 Å². The van der Waals surface area contributed by atoms with Crippen molar-refractivity contribution in [2.45, 2.75) is 46.1 Å². The fourth-order valence-corrected chi connectivity index (χ4v) is 3.36. The van der Waals surface area contributed by atoms with Crippen LogP contribution in [0.15, 0.2) is 28.8 Å². The van der Waals surface area contributed by atoms with Gasteiger partial charge in [-0.05, 0) is 18.6 Å². The van der Waals surface area contributed by atoms with Crippen LogP contribution in [-0.2, 0) is 19.4 Å². The maximum Gasteiger partial charge on any atom is 0.229 e. The van der Waals surface area contributed by atoms with Crippen LogP contribution in [-0.4, -0.2) is 33.7 Å². The number of nitrogens with zero attached hydrogens (tertiary/aromatic N) is 5. The predicted molar refractivity (Wildman–Crippen MR) is 106 cm³/mol. The van der Waals surface area contributed by atoms with Crippen molar-refractivity contribution in [1.82, 2.24) is 20.1 Å². The highest BCUT2D eigenvalue weighted by Crippen LogP contribution is 2.31. The van der Waals surface area contributed by atoms with E-state index in [0.717, 1.165) is 53.0 Å². The molecule has 0 bridgehead atoms. The van der Waals surface area contributed by atoms with E-state index in [0.29, 0.717) is 18.9 Å². The highest BCUT2D eigenvalue weighted by molar-refractivity contribution is 5.53. The molecule has 146 valence electrons. The first-order valence-electron chi connectivity index (χ1n) is 9.62. The number of hydrogen-bond acceptors (Lipinski definition) is 7. The summed E-state index contributed by atoms with van der Waals surface area (Å²) in [5.41, 5.74) is 3.23. The number of hydrogen-bond donors (Lipinski definition) is 0. The fourth-order valence-electron chi connectivity index (χ4n) is 3.36. The van der Waals surface area contributed by atoms with Crippen LogP contribution in [0.5, 0.6) is 5.75 Å². The maximum atomic E-state index is 5.98. The molecular weight excluding hydrogens is 354 g/mol. The van der Waals surface area contributed by atoms with Crippen molar-refractivity contribution >= 4 is 5.82 Å². The van der Waals surface area contributed by atoms with E-state index < -0.39 is 0 Å². The van der Waals surface area contributed by atoms with Crippen molar-refractivity contribution in [2.75, 3.05) is 18.5 Å². The van der Waals surface area contributed by atoms with Crippen LogP contribution < -0.4 is 9.64 Å². The van der Waals surface area contributed by atoms with E-state index in [-0.39, 0.29) is 5.92 Å². The van der Waals surface area contributed by atoms with Gasteiger partial charge in [0.25, 0.3) is 0 Å². The number of rotatable bonds is 5. The Kier molecular flexibility index (Phi) is 4.98. The molecule has 0 atom stereocenters. The van der Waals surface area contributed by atoms with Crippen LogP contribution in [0.2, 0.25) is 0 Å². The number of ether oxygens (including phenoxy) is 1. The molecule has 0 N–H and O–H groups in total. The Morgan fingerprint density at radius 1 is 1.14 bits per heavy atom. The molecule has 0 unspecified atom stereocenters. The van der Waals surface area contributed by atoms with Gasteiger partial charge in [0.1, 0.15) is 24.0 Å². The molecule has 0 spiro atoms. The molecule has 2 aromatic heterocycles. The normalized spacial score (nSPS) is 12.9. The molecule has 0 amide bonds. The number of anilines is 1. The van der Waals surface area contributed by atoms with Gasteiger partial charge >= 0.3 is 0 Å². The van der Waals surface area contributed by atoms with Gasteiger partial charge in [-0.1, -0.05) is 37.2 Å². The van der Waals surface area contributed by atoms with E-state index in [9.17, 15) is 0 Å². The minimum absolute atomic E-state index is 0.235. The minimum Gasteiger partial charge on any atom is -0.487 e. The van der Waals surface area contributed by atoms with Crippen molar-refractivity contribution in [3.63, 3.8) is 0 Å². The molecule has 1 aromatic carbocycles. The Labute approximate surface area is 164 Å². The average Bonchev–Trinajstić information content (AvgIpc) is 3.08. The quantitative estimate of drug-likeness (QED) is 0.672. The summed E-state index contributed by atoms with van der Waals surface area (Å²) < 4.78 is 11.3. The molecular formula is C21H25N5O2. The Morgan fingerprint density at radius 3 is 2.75 bits per heavy atom. The summed E-state index contributed by atoms with van der Waals surface area (Å²) in [7, 11) is 2.04. The summed E-state index contributed by atoms with van der Waals surface area (Å²) in [5, 5.41) is 4.09. The van der Waals surface area contributed by atoms with Gasteiger partial charge in [0.15, 0.2) is 5.82 Å². The summed E-state index contributed by atoms with van der Waals surface area (Å²) in [6.45, 7) is 7.20. The van der Waals surface area contributed by atoms with Gasteiger partial charge in [-0.2, -0.15) is 4.98 Å². The van der Waals surface area contributed by atoms with Gasteiger partial charge in [0.2, 0.25) is 5.89 Å². The second-order valence-corrected chi connectivity index (χ2v) is 7.47. The standard InChI is InChI=1S/C21H25N5O2/c1-13(2)21-24-19(25-28-21)9-10-26(4)20-16-11-15-7-5-6-8-18(15)27-12-17(16)22-14(3)23-20/h5-8,13H,9-12H2,1-4H3. The molecule has 0 fully saturated rings. The maximum absolute atomic E-state index is 5.98. The topological polar surface area (TPSA) is 77.2 Å². The molecule has 0 radical (unpaired) electrons. The van der Waals surface area contributed by atoms with Crippen LogP contribution in [0.1, 0.15) is 54.1 Å². The number of aryl methyl sites for hydroxylation is 1. The molecule has 3 heterocycles. The lowest BCUT2D eigenvalue weighted by Crippen LogP contribution is -2.25. The number of likely N-dealkylation sites (N-methyl/N-ethyl adjacent to an activating group) is 1. The number of para-hydroxylation sites is 1. The van der Waals surface area contributed by atoms with Crippen molar-refractivity contribution in [3.05, 3.63) is 58.6 Å². The second-order valence-electron chi connectivity index (χ2n) is 7.47. The molecule has 4 rings (SSSR count). The summed E-state index contributed by atoms with van der Waals surface area (Å²) in [6.07, 6.45) is 1.45. The lowest BCUT2D eigenvalue weighted by molar-refractivity contribution is 0.302. The van der Waals surface area contributed by atoms with Crippen LogP contribution >= 0.6 is 0 Å². The average molecular weight is 379 g/mol. The van der Waals surface area contributed by atoms with Crippen molar-refractivity contribution < 1.29 is 9.26 Å². The fraction of sp³-hybridized carbons (Fsp3) is 0.429. The number of aromatic nitrogens is 4. The predicted octanol–water partition coefficient (Wildman–Crippen LogP) is 3.45. The SMILES string of the molecule is Cc1nc2c(c(N(C)CCc3noc(C(C)C)n3)n1)Cc1ccccc1OC2. The third-order valence-corrected chi connectivity index (χ3v) is 4.90. The second kappa shape index (κ2) is 7.58. The number of benzene rings is 1. The lowest BCUT2D eigenvalue weighted by atomic mass is 10.0. The summed E-state index contributed by atoms with van der Waals surface area (Å²) in [4.78, 5) is 16.0. The zero-order valence-electron chi connectivity index (χ0n) is 16.8. The molecule has 0 aliphatic carbocycles. The van der Waals surface area contributed by atoms with Crippen LogP contribution in [0.25, 0.3) is 0 Å². The Bertz CT molecular complexity index is 983. The minimum atomic E-state index is 0.235. The van der Waals surface area contributed by atoms with E-state index in [1.165, 1.54) is 0 Å². The molecule has 0 saturated heterocycles. The zero-order chi connectivity index (χ0) is 19.7. The largest absolute Gasteiger partial charge is 0.487 e. The van der Waals surface area contributed by atoms with Gasteiger partial charge in [0.05, 0.1) is 5.69 Å². The van der Waals surface area contributed by atoms with Crippen LogP contribution in [0.3, 0.4) is 0 Å². The van der Waals surface area contributed by atoms with E-state index in [4.69, 9.17) is 14.2 Å². The highest BCUT2D eigenvalue weighted by Gasteiger charge is 2.22. The molecule has 1 aliphatic rings. The van der Waals surface area contributed by atoms with Crippen molar-refractivity contribution in [3.8, 4) is 5.75 Å². The van der Waals surface area contributed by atoms with Crippen LogP contribution in [0, 0.1) is 6.92 Å². The molecule has 28 heavy (non-hydrogen) atoms. The summed E-state index contributed by atoms with van der Waals surface area (Å²) >= 11 is 0. The monoisotopic (exact) mass is 379 g/mol. The van der Waals surface area contributed by atoms with Gasteiger partial charge in [-0.3, -0.25) is 0 Å². The first kappa shape index (κ1) is 18.4. The Balaban J connectivity index is 1.58. The smallest absolute Gasteiger partial charge is 0.229 e. The highest BCUT2D eigenvalue weighted by atomic mass is 16.5. The molecule has 7 nitrogen and oxygen atoms in total. The first-order valence-corrected chi connectivity index (χ1v) is 9.62. The molecule has 7 heteroatoms.